The van der Waals surface area contributed by atoms with Crippen LogP contribution in [-0.4, -0.2) is 11.1 Å². The molecule has 0 bridgehead atoms. The van der Waals surface area contributed by atoms with Gasteiger partial charge in [0.15, 0.2) is 0 Å². The summed E-state index contributed by atoms with van der Waals surface area (Å²) in [5.41, 5.74) is 0.456. The Bertz CT molecular complexity index is 246. The Hall–Kier alpha value is 0.110. The molecular formula is C12H19BrOS. The molecule has 3 heteroatoms. The summed E-state index contributed by atoms with van der Waals surface area (Å²) in [6, 6.07) is 3.99. The fourth-order valence-corrected chi connectivity index (χ4v) is 4.11. The number of hydrogen-bond acceptors (Lipinski definition) is 2. The Morgan fingerprint density at radius 2 is 2.13 bits per heavy atom. The molecule has 0 unspecified atom stereocenters. The summed E-state index contributed by atoms with van der Waals surface area (Å²) in [6.07, 6.45) is 4.22. The second kappa shape index (κ2) is 6.64. The van der Waals surface area contributed by atoms with Gasteiger partial charge in [0.2, 0.25) is 0 Å². The summed E-state index contributed by atoms with van der Waals surface area (Å²) < 4.78 is 5.32. The van der Waals surface area contributed by atoms with E-state index < -0.39 is 0 Å². The first-order valence-corrected chi connectivity index (χ1v) is 7.70. The SMILES string of the molecule is CCC(CC)(CBr)CSCc1ccco1. The van der Waals surface area contributed by atoms with E-state index in [1.54, 1.807) is 6.26 Å². The van der Waals surface area contributed by atoms with Gasteiger partial charge in [-0.15, -0.1) is 0 Å². The molecule has 0 aliphatic rings. The van der Waals surface area contributed by atoms with Gasteiger partial charge in [0.25, 0.3) is 0 Å². The lowest BCUT2D eigenvalue weighted by Gasteiger charge is -2.28. The van der Waals surface area contributed by atoms with Crippen molar-refractivity contribution in [2.75, 3.05) is 11.1 Å². The van der Waals surface area contributed by atoms with Crippen LogP contribution < -0.4 is 0 Å². The molecule has 0 amide bonds. The van der Waals surface area contributed by atoms with Crippen LogP contribution in [-0.2, 0) is 5.75 Å². The van der Waals surface area contributed by atoms with Crippen LogP contribution in [0.3, 0.4) is 0 Å². The molecule has 86 valence electrons. The lowest BCUT2D eigenvalue weighted by atomic mass is 9.87. The molecule has 1 aromatic rings. The van der Waals surface area contributed by atoms with Crippen LogP contribution in [0.5, 0.6) is 0 Å². The van der Waals surface area contributed by atoms with Gasteiger partial charge < -0.3 is 4.42 Å². The highest BCUT2D eigenvalue weighted by molar-refractivity contribution is 9.09. The average molecular weight is 291 g/mol. The minimum absolute atomic E-state index is 0.456. The third kappa shape index (κ3) is 3.87. The zero-order valence-corrected chi connectivity index (χ0v) is 11.9. The van der Waals surface area contributed by atoms with Crippen molar-refractivity contribution in [3.63, 3.8) is 0 Å². The summed E-state index contributed by atoms with van der Waals surface area (Å²) in [6.45, 7) is 4.55. The number of alkyl halides is 1. The van der Waals surface area contributed by atoms with Crippen molar-refractivity contribution >= 4 is 27.7 Å². The molecule has 1 nitrogen and oxygen atoms in total. The Morgan fingerprint density at radius 1 is 1.40 bits per heavy atom. The summed E-state index contributed by atoms with van der Waals surface area (Å²) in [5.74, 6) is 3.27. The quantitative estimate of drug-likeness (QED) is 0.675. The van der Waals surface area contributed by atoms with Gasteiger partial charge in [0, 0.05) is 11.1 Å². The summed E-state index contributed by atoms with van der Waals surface area (Å²) >= 11 is 5.60. The first kappa shape index (κ1) is 13.2. The molecule has 0 fully saturated rings. The zero-order chi connectivity index (χ0) is 11.1. The van der Waals surface area contributed by atoms with Gasteiger partial charge in [-0.1, -0.05) is 29.8 Å². The fraction of sp³-hybridized carbons (Fsp3) is 0.667. The van der Waals surface area contributed by atoms with Crippen molar-refractivity contribution in [3.8, 4) is 0 Å². The monoisotopic (exact) mass is 290 g/mol. The highest BCUT2D eigenvalue weighted by atomic mass is 79.9. The molecule has 0 saturated carbocycles. The summed E-state index contributed by atoms with van der Waals surface area (Å²) in [7, 11) is 0. The van der Waals surface area contributed by atoms with Gasteiger partial charge in [0.1, 0.15) is 5.76 Å². The molecule has 1 rings (SSSR count). The fourth-order valence-electron chi connectivity index (χ4n) is 1.44. The van der Waals surface area contributed by atoms with Crippen LogP contribution in [0, 0.1) is 5.41 Å². The lowest BCUT2D eigenvalue weighted by Crippen LogP contribution is -2.23. The molecular weight excluding hydrogens is 272 g/mol. The first-order chi connectivity index (χ1) is 7.26. The standard InChI is InChI=1S/C12H19BrOS/c1-3-12(4-2,9-13)10-15-8-11-6-5-7-14-11/h5-7H,3-4,8-10H2,1-2H3. The molecule has 15 heavy (non-hydrogen) atoms. The number of halogens is 1. The van der Waals surface area contributed by atoms with Gasteiger partial charge in [-0.25, -0.2) is 0 Å². The van der Waals surface area contributed by atoms with E-state index in [1.165, 1.54) is 18.6 Å². The van der Waals surface area contributed by atoms with E-state index in [1.807, 2.05) is 23.9 Å². The third-order valence-corrected chi connectivity index (χ3v) is 5.51. The van der Waals surface area contributed by atoms with Crippen molar-refractivity contribution in [1.29, 1.82) is 0 Å². The highest BCUT2D eigenvalue weighted by Gasteiger charge is 2.24. The molecule has 0 saturated heterocycles. The predicted octanol–water partition coefficient (Wildman–Crippen LogP) is 4.71. The Balaban J connectivity index is 2.34. The molecule has 0 spiro atoms. The van der Waals surface area contributed by atoms with Crippen molar-refractivity contribution in [1.82, 2.24) is 0 Å². The van der Waals surface area contributed by atoms with E-state index in [-0.39, 0.29) is 0 Å². The van der Waals surface area contributed by atoms with Crippen LogP contribution in [0.15, 0.2) is 22.8 Å². The van der Waals surface area contributed by atoms with E-state index >= 15 is 0 Å². The smallest absolute Gasteiger partial charge is 0.113 e. The van der Waals surface area contributed by atoms with Crippen LogP contribution >= 0.6 is 27.7 Å². The van der Waals surface area contributed by atoms with Crippen molar-refractivity contribution in [2.24, 2.45) is 5.41 Å². The minimum atomic E-state index is 0.456. The molecule has 0 atom stereocenters. The summed E-state index contributed by atoms with van der Waals surface area (Å²) in [5, 5.41) is 1.10. The second-order valence-corrected chi connectivity index (χ2v) is 5.46. The Morgan fingerprint density at radius 3 is 2.60 bits per heavy atom. The minimum Gasteiger partial charge on any atom is -0.468 e. The normalized spacial score (nSPS) is 11.9. The van der Waals surface area contributed by atoms with E-state index in [4.69, 9.17) is 4.42 Å². The van der Waals surface area contributed by atoms with Crippen LogP contribution in [0.1, 0.15) is 32.4 Å². The lowest BCUT2D eigenvalue weighted by molar-refractivity contribution is 0.359. The highest BCUT2D eigenvalue weighted by Crippen LogP contribution is 2.33. The van der Waals surface area contributed by atoms with Crippen LogP contribution in [0.4, 0.5) is 0 Å². The topological polar surface area (TPSA) is 13.1 Å². The molecule has 0 aliphatic carbocycles. The van der Waals surface area contributed by atoms with Crippen molar-refractivity contribution in [3.05, 3.63) is 24.2 Å². The number of hydrogen-bond donors (Lipinski definition) is 0. The largest absolute Gasteiger partial charge is 0.468 e. The van der Waals surface area contributed by atoms with Crippen LogP contribution in [0.25, 0.3) is 0 Å². The molecule has 0 aliphatic heterocycles. The maximum absolute atomic E-state index is 5.32. The van der Waals surface area contributed by atoms with Gasteiger partial charge in [-0.3, -0.25) is 0 Å². The van der Waals surface area contributed by atoms with Crippen molar-refractivity contribution < 1.29 is 4.42 Å². The maximum atomic E-state index is 5.32. The van der Waals surface area contributed by atoms with Crippen molar-refractivity contribution in [2.45, 2.75) is 32.4 Å². The van der Waals surface area contributed by atoms with E-state index in [0.29, 0.717) is 5.41 Å². The van der Waals surface area contributed by atoms with E-state index in [2.05, 4.69) is 29.8 Å². The van der Waals surface area contributed by atoms with Gasteiger partial charge >= 0.3 is 0 Å². The number of thioether (sulfide) groups is 1. The Labute approximate surface area is 105 Å². The average Bonchev–Trinajstić information content (AvgIpc) is 2.78. The molecule has 1 aromatic heterocycles. The van der Waals surface area contributed by atoms with Crippen LogP contribution in [0.2, 0.25) is 0 Å². The molecule has 1 heterocycles. The van der Waals surface area contributed by atoms with Gasteiger partial charge in [-0.05, 0) is 30.4 Å². The second-order valence-electron chi connectivity index (χ2n) is 3.91. The summed E-state index contributed by atoms with van der Waals surface area (Å²) in [4.78, 5) is 0. The Kier molecular flexibility index (Phi) is 5.83. The van der Waals surface area contributed by atoms with Gasteiger partial charge in [0.05, 0.1) is 12.0 Å². The molecule has 0 radical (unpaired) electrons. The molecule has 0 aromatic carbocycles. The predicted molar refractivity (Wildman–Crippen MR) is 71.7 cm³/mol. The zero-order valence-electron chi connectivity index (χ0n) is 9.46. The van der Waals surface area contributed by atoms with E-state index in [9.17, 15) is 0 Å². The van der Waals surface area contributed by atoms with Gasteiger partial charge in [-0.2, -0.15) is 11.8 Å². The first-order valence-electron chi connectivity index (χ1n) is 5.42. The van der Waals surface area contributed by atoms with E-state index in [0.717, 1.165) is 16.8 Å². The number of furan rings is 1. The molecule has 0 N–H and O–H groups in total. The third-order valence-electron chi connectivity index (χ3n) is 3.02. The number of rotatable bonds is 7. The maximum Gasteiger partial charge on any atom is 0.113 e.